The van der Waals surface area contributed by atoms with Gasteiger partial charge in [-0.2, -0.15) is 0 Å². The number of para-hydroxylation sites is 2. The lowest BCUT2D eigenvalue weighted by Gasteiger charge is -2.37. The summed E-state index contributed by atoms with van der Waals surface area (Å²) in [5, 5.41) is 10.5. The Labute approximate surface area is 199 Å². The summed E-state index contributed by atoms with van der Waals surface area (Å²) >= 11 is 0. The maximum atomic E-state index is 10.5. The van der Waals surface area contributed by atoms with Gasteiger partial charge in [0.2, 0.25) is 0 Å². The van der Waals surface area contributed by atoms with E-state index in [4.69, 9.17) is 9.47 Å². The molecule has 0 aliphatic carbocycles. The van der Waals surface area contributed by atoms with Crippen LogP contribution in [0, 0.1) is 6.92 Å². The number of aliphatic hydroxyl groups excluding tert-OH is 1. The molecule has 2 aromatic carbocycles. The van der Waals surface area contributed by atoms with Gasteiger partial charge >= 0.3 is 0 Å². The van der Waals surface area contributed by atoms with E-state index in [1.165, 1.54) is 11.1 Å². The number of piperazine rings is 1. The first kappa shape index (κ1) is 27.4. The number of methoxy groups -OCH3 is 1. The first-order chi connectivity index (χ1) is 14.0. The van der Waals surface area contributed by atoms with Crippen LogP contribution in [0.1, 0.15) is 30.9 Å². The Morgan fingerprint density at radius 2 is 1.65 bits per heavy atom. The zero-order chi connectivity index (χ0) is 20.8. The van der Waals surface area contributed by atoms with Crippen LogP contribution in [-0.2, 0) is 0 Å². The summed E-state index contributed by atoms with van der Waals surface area (Å²) in [7, 11) is 1.71. The van der Waals surface area contributed by atoms with E-state index in [2.05, 4.69) is 54.8 Å². The largest absolute Gasteiger partial charge is 1.00 e. The van der Waals surface area contributed by atoms with E-state index in [9.17, 15) is 5.11 Å². The second kappa shape index (κ2) is 13.0. The smallest absolute Gasteiger partial charge is 0.142 e. The highest BCUT2D eigenvalue weighted by Crippen LogP contribution is 2.29. The number of aryl methyl sites for hydroxylation is 1. The number of hydrogen-bond acceptors (Lipinski definition) is 5. The molecule has 0 bridgehead atoms. The second-order valence-electron chi connectivity index (χ2n) is 8.12. The van der Waals surface area contributed by atoms with E-state index in [1.54, 1.807) is 7.11 Å². The Balaban J connectivity index is 0.00000240. The van der Waals surface area contributed by atoms with E-state index in [1.807, 2.05) is 18.2 Å². The van der Waals surface area contributed by atoms with Crippen molar-refractivity contribution in [3.05, 3.63) is 53.6 Å². The van der Waals surface area contributed by atoms with Gasteiger partial charge in [-0.3, -0.25) is 4.90 Å². The highest BCUT2D eigenvalue weighted by atomic mass is 35.5. The number of aliphatic hydroxyl groups is 1. The zero-order valence-electron chi connectivity index (χ0n) is 18.9. The Kier molecular flexibility index (Phi) is 11.5. The van der Waals surface area contributed by atoms with Gasteiger partial charge in [-0.15, -0.1) is 0 Å². The molecule has 31 heavy (non-hydrogen) atoms. The van der Waals surface area contributed by atoms with E-state index in [0.29, 0.717) is 19.1 Å². The lowest BCUT2D eigenvalue weighted by atomic mass is 10.0. The zero-order valence-corrected chi connectivity index (χ0v) is 20.4. The molecule has 1 unspecified atom stereocenters. The monoisotopic (exact) mass is 468 g/mol. The molecule has 174 valence electrons. The average molecular weight is 469 g/mol. The molecule has 5 nitrogen and oxygen atoms in total. The third-order valence-electron chi connectivity index (χ3n) is 5.49. The molecule has 1 aliphatic rings. The first-order valence-electron chi connectivity index (χ1n) is 10.5. The van der Waals surface area contributed by atoms with Gasteiger partial charge in [-0.25, -0.2) is 0 Å². The molecule has 2 aromatic rings. The number of benzene rings is 2. The van der Waals surface area contributed by atoms with Crippen LogP contribution in [0.25, 0.3) is 0 Å². The molecular weight excluding hydrogens is 435 g/mol. The minimum absolute atomic E-state index is 0. The van der Waals surface area contributed by atoms with Gasteiger partial charge in [0.15, 0.2) is 0 Å². The Morgan fingerprint density at radius 3 is 2.29 bits per heavy atom. The fraction of sp³-hybridized carbons (Fsp3) is 0.500. The van der Waals surface area contributed by atoms with Gasteiger partial charge in [0.1, 0.15) is 24.2 Å². The van der Waals surface area contributed by atoms with E-state index in [0.717, 1.165) is 43.4 Å². The topological polar surface area (TPSA) is 45.2 Å². The first-order valence-corrected chi connectivity index (χ1v) is 10.5. The summed E-state index contributed by atoms with van der Waals surface area (Å²) in [4.78, 5) is 4.65. The number of hydrogen-bond donors (Lipinski definition) is 1. The Bertz CT molecular complexity index is 796. The lowest BCUT2D eigenvalue weighted by Crippen LogP contribution is -3.00. The predicted molar refractivity (Wildman–Crippen MR) is 118 cm³/mol. The summed E-state index contributed by atoms with van der Waals surface area (Å²) in [6.45, 7) is 11.0. The van der Waals surface area contributed by atoms with Gasteiger partial charge in [-0.1, -0.05) is 38.1 Å². The standard InChI is InChI=1S/C24H34N2O3.2ClH/c1-18(2)21-10-9-19(3)15-24(21)29-17-20(27)16-25-11-13-26(14-12-25)22-7-5-6-8-23(22)28-4;;/h5-10,15,18,20,27H,11-14,16-17H2,1-4H3;2*1H/p-2. The summed E-state index contributed by atoms with van der Waals surface area (Å²) in [5.74, 6) is 2.19. The highest BCUT2D eigenvalue weighted by molar-refractivity contribution is 5.58. The number of rotatable bonds is 8. The number of halogens is 2. The van der Waals surface area contributed by atoms with Gasteiger partial charge in [0.05, 0.1) is 12.8 Å². The van der Waals surface area contributed by atoms with Crippen molar-refractivity contribution < 1.29 is 39.4 Å². The van der Waals surface area contributed by atoms with E-state index in [-0.39, 0.29) is 24.8 Å². The SMILES string of the molecule is COc1ccccc1N1CCN(CC(O)COc2cc(C)ccc2C(C)C)CC1.[Cl-].[Cl-]. The molecule has 1 atom stereocenters. The van der Waals surface area contributed by atoms with Crippen LogP contribution in [0.2, 0.25) is 0 Å². The van der Waals surface area contributed by atoms with Crippen molar-refractivity contribution in [1.29, 1.82) is 0 Å². The van der Waals surface area contributed by atoms with Gasteiger partial charge in [0.25, 0.3) is 0 Å². The summed E-state index contributed by atoms with van der Waals surface area (Å²) in [6, 6.07) is 14.4. The number of β-amino-alcohol motifs (C(OH)–C–C–N with tert-alkyl or cyclic N) is 1. The van der Waals surface area contributed by atoms with Crippen LogP contribution in [0.4, 0.5) is 5.69 Å². The number of anilines is 1. The molecule has 0 radical (unpaired) electrons. The molecule has 1 heterocycles. The van der Waals surface area contributed by atoms with Crippen molar-refractivity contribution in [1.82, 2.24) is 4.90 Å². The molecule has 0 aromatic heterocycles. The molecule has 0 saturated carbocycles. The minimum atomic E-state index is -0.506. The fourth-order valence-corrected chi connectivity index (χ4v) is 3.84. The van der Waals surface area contributed by atoms with Gasteiger partial charge in [0, 0.05) is 32.7 Å². The number of ether oxygens (including phenoxy) is 2. The van der Waals surface area contributed by atoms with Crippen LogP contribution in [0.5, 0.6) is 11.5 Å². The van der Waals surface area contributed by atoms with Crippen LogP contribution < -0.4 is 39.2 Å². The van der Waals surface area contributed by atoms with Crippen molar-refractivity contribution >= 4 is 5.69 Å². The molecule has 7 heteroatoms. The molecular formula is C24H34Cl2N2O3-2. The van der Waals surface area contributed by atoms with Crippen molar-refractivity contribution in [3.8, 4) is 11.5 Å². The van der Waals surface area contributed by atoms with Crippen molar-refractivity contribution in [2.75, 3.05) is 51.3 Å². The van der Waals surface area contributed by atoms with Crippen molar-refractivity contribution in [2.45, 2.75) is 32.8 Å². The van der Waals surface area contributed by atoms with E-state index >= 15 is 0 Å². The molecule has 0 spiro atoms. The quantitative estimate of drug-likeness (QED) is 0.471. The Morgan fingerprint density at radius 1 is 0.968 bits per heavy atom. The summed E-state index contributed by atoms with van der Waals surface area (Å²) in [6.07, 6.45) is -0.506. The Hall–Kier alpha value is -1.66. The summed E-state index contributed by atoms with van der Waals surface area (Å²) < 4.78 is 11.5. The van der Waals surface area contributed by atoms with Gasteiger partial charge < -0.3 is 44.3 Å². The highest BCUT2D eigenvalue weighted by Gasteiger charge is 2.21. The second-order valence-corrected chi connectivity index (χ2v) is 8.12. The average Bonchev–Trinajstić information content (AvgIpc) is 2.72. The van der Waals surface area contributed by atoms with Gasteiger partial charge in [-0.05, 0) is 42.2 Å². The molecule has 1 aliphatic heterocycles. The molecule has 1 N–H and O–H groups in total. The van der Waals surface area contributed by atoms with Crippen molar-refractivity contribution in [3.63, 3.8) is 0 Å². The van der Waals surface area contributed by atoms with Crippen LogP contribution in [0.15, 0.2) is 42.5 Å². The normalized spacial score (nSPS) is 15.1. The van der Waals surface area contributed by atoms with Crippen LogP contribution in [0.3, 0.4) is 0 Å². The third kappa shape index (κ3) is 7.46. The maximum absolute atomic E-state index is 10.5. The molecule has 1 saturated heterocycles. The minimum Gasteiger partial charge on any atom is -1.00 e. The fourth-order valence-electron chi connectivity index (χ4n) is 3.84. The molecule has 3 rings (SSSR count). The predicted octanol–water partition coefficient (Wildman–Crippen LogP) is -2.30. The summed E-state index contributed by atoms with van der Waals surface area (Å²) in [5.41, 5.74) is 3.50. The maximum Gasteiger partial charge on any atom is 0.142 e. The van der Waals surface area contributed by atoms with E-state index < -0.39 is 6.10 Å². The third-order valence-corrected chi connectivity index (χ3v) is 5.49. The molecule has 0 amide bonds. The van der Waals surface area contributed by atoms with Crippen LogP contribution in [-0.4, -0.2) is 62.6 Å². The number of nitrogens with zero attached hydrogens (tertiary/aromatic N) is 2. The van der Waals surface area contributed by atoms with Crippen LogP contribution >= 0.6 is 0 Å². The molecule has 1 fully saturated rings. The lowest BCUT2D eigenvalue weighted by molar-refractivity contribution is -0.00100. The van der Waals surface area contributed by atoms with Crippen molar-refractivity contribution in [2.24, 2.45) is 0 Å².